The van der Waals surface area contributed by atoms with Gasteiger partial charge in [0.1, 0.15) is 5.69 Å². The molecule has 1 aromatic heterocycles. The van der Waals surface area contributed by atoms with Gasteiger partial charge in [0.25, 0.3) is 5.91 Å². The molecule has 0 radical (unpaired) electrons. The maximum Gasteiger partial charge on any atom is 0.411 e. The van der Waals surface area contributed by atoms with Gasteiger partial charge in [-0.05, 0) is 25.0 Å². The van der Waals surface area contributed by atoms with E-state index in [1.54, 1.807) is 26.8 Å². The lowest BCUT2D eigenvalue weighted by atomic mass is 9.84. The van der Waals surface area contributed by atoms with Crippen molar-refractivity contribution >= 4 is 29.5 Å². The fourth-order valence-corrected chi connectivity index (χ4v) is 4.33. The number of aromatic nitrogens is 1. The fourth-order valence-electron chi connectivity index (χ4n) is 4.22. The molecule has 8 nitrogen and oxygen atoms in total. The number of piperazine rings is 1. The van der Waals surface area contributed by atoms with Gasteiger partial charge in [0.2, 0.25) is 5.91 Å². The molecule has 1 atom stereocenters. The molecule has 1 unspecified atom stereocenters. The molecule has 4 aliphatic rings. The van der Waals surface area contributed by atoms with Gasteiger partial charge in [-0.1, -0.05) is 11.6 Å². The molecular weight excluding hydrogens is 372 g/mol. The number of ether oxygens (including phenoxy) is 1. The van der Waals surface area contributed by atoms with E-state index in [1.807, 2.05) is 0 Å². The summed E-state index contributed by atoms with van der Waals surface area (Å²) < 4.78 is 5.68. The topological polar surface area (TPSA) is 83.1 Å². The zero-order valence-corrected chi connectivity index (χ0v) is 15.4. The van der Waals surface area contributed by atoms with Gasteiger partial charge in [-0.3, -0.25) is 14.5 Å². The molecule has 1 aliphatic carbocycles. The maximum atomic E-state index is 12.8. The van der Waals surface area contributed by atoms with Crippen molar-refractivity contribution < 1.29 is 19.1 Å². The molecule has 27 heavy (non-hydrogen) atoms. The van der Waals surface area contributed by atoms with Crippen LogP contribution in [0.1, 0.15) is 23.3 Å². The van der Waals surface area contributed by atoms with E-state index in [1.165, 1.54) is 6.20 Å². The van der Waals surface area contributed by atoms with Gasteiger partial charge in [-0.15, -0.1) is 0 Å². The average molecular weight is 391 g/mol. The predicted molar refractivity (Wildman–Crippen MR) is 94.2 cm³/mol. The van der Waals surface area contributed by atoms with Crippen LogP contribution in [0.5, 0.6) is 0 Å². The Morgan fingerprint density at radius 3 is 2.63 bits per heavy atom. The van der Waals surface area contributed by atoms with E-state index < -0.39 is 5.60 Å². The third-order valence-corrected chi connectivity index (χ3v) is 6.13. The van der Waals surface area contributed by atoms with Crippen LogP contribution in [-0.2, 0) is 9.53 Å². The Bertz CT molecular complexity index is 819. The molecule has 3 aliphatic heterocycles. The third kappa shape index (κ3) is 2.65. The number of hydrogen-bond donors (Lipinski definition) is 0. The van der Waals surface area contributed by atoms with Crippen LogP contribution in [0.2, 0.25) is 5.02 Å². The molecule has 3 amide bonds. The summed E-state index contributed by atoms with van der Waals surface area (Å²) in [5.41, 5.74) is -0.375. The first-order valence-corrected chi connectivity index (χ1v) is 9.54. The summed E-state index contributed by atoms with van der Waals surface area (Å²) in [4.78, 5) is 46.6. The normalized spacial score (nSPS) is 25.9. The molecule has 9 heteroatoms. The van der Waals surface area contributed by atoms with E-state index in [9.17, 15) is 14.4 Å². The molecule has 1 spiro atoms. The summed E-state index contributed by atoms with van der Waals surface area (Å²) in [7, 11) is 0. The van der Waals surface area contributed by atoms with Crippen LogP contribution in [0.15, 0.2) is 18.3 Å². The lowest BCUT2D eigenvalue weighted by Crippen LogP contribution is -2.72. The molecule has 0 aromatic carbocycles. The Morgan fingerprint density at radius 1 is 1.19 bits per heavy atom. The number of likely N-dealkylation sites (tertiary alicyclic amines) is 1. The Balaban J connectivity index is 1.31. The molecule has 1 saturated carbocycles. The minimum absolute atomic E-state index is 0.149. The molecule has 4 fully saturated rings. The second-order valence-corrected chi connectivity index (χ2v) is 8.16. The molecular formula is C18H19ClN4O4. The number of amides is 3. The van der Waals surface area contributed by atoms with Crippen molar-refractivity contribution in [3.8, 4) is 0 Å². The van der Waals surface area contributed by atoms with Crippen molar-refractivity contribution in [3.05, 3.63) is 29.0 Å². The Hall–Kier alpha value is -2.35. The first-order chi connectivity index (χ1) is 13.0. The van der Waals surface area contributed by atoms with Gasteiger partial charge in [0.05, 0.1) is 24.2 Å². The first-order valence-electron chi connectivity index (χ1n) is 9.16. The number of carbonyl (C=O) groups is 3. The number of nitrogens with zero attached hydrogens (tertiary/aromatic N) is 4. The maximum absolute atomic E-state index is 12.8. The van der Waals surface area contributed by atoms with Crippen LogP contribution >= 0.6 is 11.6 Å². The standard InChI is InChI=1S/C18H19ClN4O4/c19-12-3-4-13(20-7-12)16(25)21-5-6-23-14(8-21)18(27-17(23)26)9-22(10-18)15(24)11-1-2-11/h3-4,7,11,14H,1-2,5-6,8-10H2. The van der Waals surface area contributed by atoms with Crippen molar-refractivity contribution in [1.29, 1.82) is 0 Å². The van der Waals surface area contributed by atoms with Gasteiger partial charge in [0, 0.05) is 31.7 Å². The summed E-state index contributed by atoms with van der Waals surface area (Å²) in [6, 6.07) is 3.00. The van der Waals surface area contributed by atoms with Crippen molar-refractivity contribution in [1.82, 2.24) is 19.7 Å². The zero-order valence-electron chi connectivity index (χ0n) is 14.6. The lowest BCUT2D eigenvalue weighted by molar-refractivity contribution is -0.156. The SMILES string of the molecule is O=C(c1ccc(Cl)cn1)N1CCN2C(=O)OC3(CN(C(=O)C4CC4)C3)C2C1. The molecule has 142 valence electrons. The first kappa shape index (κ1) is 16.8. The summed E-state index contributed by atoms with van der Waals surface area (Å²) in [6.45, 7) is 2.05. The second-order valence-electron chi connectivity index (χ2n) is 7.72. The molecule has 3 saturated heterocycles. The number of carbonyl (C=O) groups excluding carboxylic acids is 3. The Morgan fingerprint density at radius 2 is 1.96 bits per heavy atom. The average Bonchev–Trinajstić information content (AvgIpc) is 3.44. The number of pyridine rings is 1. The highest BCUT2D eigenvalue weighted by Crippen LogP contribution is 2.42. The summed E-state index contributed by atoms with van der Waals surface area (Å²) in [5, 5.41) is 0.472. The van der Waals surface area contributed by atoms with Crippen LogP contribution in [0.4, 0.5) is 4.79 Å². The molecule has 0 N–H and O–H groups in total. The monoisotopic (exact) mass is 390 g/mol. The van der Waals surface area contributed by atoms with E-state index in [0.717, 1.165) is 12.8 Å². The van der Waals surface area contributed by atoms with Crippen molar-refractivity contribution in [2.24, 2.45) is 5.92 Å². The molecule has 5 rings (SSSR count). The van der Waals surface area contributed by atoms with Crippen molar-refractivity contribution in [2.45, 2.75) is 24.5 Å². The van der Waals surface area contributed by atoms with E-state index in [-0.39, 0.29) is 29.9 Å². The highest BCUT2D eigenvalue weighted by atomic mass is 35.5. The van der Waals surface area contributed by atoms with Gasteiger partial charge in [-0.25, -0.2) is 9.78 Å². The predicted octanol–water partition coefficient (Wildman–Crippen LogP) is 1.00. The fraction of sp³-hybridized carbons (Fsp3) is 0.556. The molecule has 0 bridgehead atoms. The largest absolute Gasteiger partial charge is 0.437 e. The third-order valence-electron chi connectivity index (χ3n) is 5.90. The quantitative estimate of drug-likeness (QED) is 0.752. The highest BCUT2D eigenvalue weighted by molar-refractivity contribution is 6.30. The van der Waals surface area contributed by atoms with Crippen molar-refractivity contribution in [2.75, 3.05) is 32.7 Å². The summed E-state index contributed by atoms with van der Waals surface area (Å²) in [6.07, 6.45) is 3.00. The van der Waals surface area contributed by atoms with E-state index >= 15 is 0 Å². The van der Waals surface area contributed by atoms with Gasteiger partial charge >= 0.3 is 6.09 Å². The smallest absolute Gasteiger partial charge is 0.411 e. The molecule has 4 heterocycles. The van der Waals surface area contributed by atoms with Crippen LogP contribution in [0.25, 0.3) is 0 Å². The number of rotatable bonds is 2. The van der Waals surface area contributed by atoms with Gasteiger partial charge in [0.15, 0.2) is 5.60 Å². The van der Waals surface area contributed by atoms with Crippen LogP contribution < -0.4 is 0 Å². The summed E-state index contributed by atoms with van der Waals surface area (Å²) >= 11 is 5.84. The van der Waals surface area contributed by atoms with E-state index in [2.05, 4.69) is 4.98 Å². The second kappa shape index (κ2) is 5.82. The minimum Gasteiger partial charge on any atom is -0.437 e. The number of halogens is 1. The number of hydrogen-bond acceptors (Lipinski definition) is 5. The summed E-state index contributed by atoms with van der Waals surface area (Å²) in [5.74, 6) is 0.117. The van der Waals surface area contributed by atoms with E-state index in [4.69, 9.17) is 16.3 Å². The Kier molecular flexibility index (Phi) is 3.62. The molecule has 1 aromatic rings. The minimum atomic E-state index is -0.700. The Labute approximate surface area is 161 Å². The van der Waals surface area contributed by atoms with Gasteiger partial charge < -0.3 is 14.5 Å². The van der Waals surface area contributed by atoms with Crippen molar-refractivity contribution in [3.63, 3.8) is 0 Å². The van der Waals surface area contributed by atoms with Crippen LogP contribution in [0, 0.1) is 5.92 Å². The zero-order chi connectivity index (χ0) is 18.8. The number of fused-ring (bicyclic) bond motifs is 2. The van der Waals surface area contributed by atoms with E-state index in [0.29, 0.717) is 43.4 Å². The van der Waals surface area contributed by atoms with Gasteiger partial charge in [-0.2, -0.15) is 0 Å². The lowest BCUT2D eigenvalue weighted by Gasteiger charge is -2.51. The van der Waals surface area contributed by atoms with Crippen LogP contribution in [0.3, 0.4) is 0 Å². The van der Waals surface area contributed by atoms with Crippen LogP contribution in [-0.4, -0.2) is 82.0 Å². The highest BCUT2D eigenvalue weighted by Gasteiger charge is 2.63.